The van der Waals surface area contributed by atoms with Crippen molar-refractivity contribution >= 4 is 15.9 Å². The van der Waals surface area contributed by atoms with Gasteiger partial charge in [-0.25, -0.2) is 0 Å². The smallest absolute Gasteiger partial charge is 0.152 e. The molecule has 0 aromatic heterocycles. The van der Waals surface area contributed by atoms with E-state index in [-0.39, 0.29) is 0 Å². The van der Waals surface area contributed by atoms with Crippen molar-refractivity contribution < 1.29 is 4.84 Å². The predicted octanol–water partition coefficient (Wildman–Crippen LogP) is 0.919. The predicted molar refractivity (Wildman–Crippen MR) is 25.5 cm³/mol. The molecule has 0 aromatic carbocycles. The first-order valence-electron chi connectivity index (χ1n) is 1.49. The molecule has 0 unspecified atom stereocenters. The van der Waals surface area contributed by atoms with E-state index >= 15 is 0 Å². The van der Waals surface area contributed by atoms with Gasteiger partial charge in [0.2, 0.25) is 0 Å². The van der Waals surface area contributed by atoms with Crippen molar-refractivity contribution in [3.63, 3.8) is 0 Å². The average molecular weight is 149 g/mol. The zero-order valence-corrected chi connectivity index (χ0v) is 4.53. The van der Waals surface area contributed by atoms with Crippen LogP contribution >= 0.6 is 15.9 Å². The molecule has 0 aromatic rings. The SMILES string of the molecule is BrC1=CNO[CH]1. The van der Waals surface area contributed by atoms with Gasteiger partial charge < -0.3 is 0 Å². The maximum Gasteiger partial charge on any atom is 0.152 e. The topological polar surface area (TPSA) is 21.3 Å². The molecule has 0 saturated carbocycles. The lowest BCUT2D eigenvalue weighted by atomic mass is 10.7. The Morgan fingerprint density at radius 1 is 1.83 bits per heavy atom. The van der Waals surface area contributed by atoms with Crippen molar-refractivity contribution in [3.05, 3.63) is 17.3 Å². The Hall–Kier alpha value is -0.0200. The fourth-order valence-corrected chi connectivity index (χ4v) is 0.402. The molecule has 33 valence electrons. The highest BCUT2D eigenvalue weighted by Crippen LogP contribution is 2.11. The van der Waals surface area contributed by atoms with Gasteiger partial charge in [-0.1, -0.05) is 15.9 Å². The van der Waals surface area contributed by atoms with Crippen LogP contribution in [0.1, 0.15) is 0 Å². The molecule has 0 bridgehead atoms. The molecule has 1 aliphatic heterocycles. The van der Waals surface area contributed by atoms with E-state index in [0.29, 0.717) is 0 Å². The lowest BCUT2D eigenvalue weighted by Crippen LogP contribution is -1.93. The summed E-state index contributed by atoms with van der Waals surface area (Å²) in [5, 5.41) is 0. The molecular weight excluding hydrogens is 146 g/mol. The third-order valence-corrected chi connectivity index (χ3v) is 0.852. The third kappa shape index (κ3) is 0.725. The van der Waals surface area contributed by atoms with Crippen LogP contribution in [0.4, 0.5) is 0 Å². The van der Waals surface area contributed by atoms with Crippen LogP contribution < -0.4 is 5.48 Å². The van der Waals surface area contributed by atoms with Crippen molar-refractivity contribution in [1.82, 2.24) is 5.48 Å². The van der Waals surface area contributed by atoms with Gasteiger partial charge in [0.25, 0.3) is 0 Å². The van der Waals surface area contributed by atoms with E-state index in [2.05, 4.69) is 26.2 Å². The van der Waals surface area contributed by atoms with E-state index in [0.717, 1.165) is 4.48 Å². The number of halogens is 1. The minimum absolute atomic E-state index is 0.933. The lowest BCUT2D eigenvalue weighted by Gasteiger charge is -1.81. The molecule has 0 amide bonds. The highest BCUT2D eigenvalue weighted by molar-refractivity contribution is 9.11. The van der Waals surface area contributed by atoms with E-state index < -0.39 is 0 Å². The Bertz CT molecular complexity index is 80.9. The number of hydrogen-bond donors (Lipinski definition) is 1. The molecule has 0 aliphatic carbocycles. The van der Waals surface area contributed by atoms with Crippen LogP contribution in [0.3, 0.4) is 0 Å². The molecule has 1 heterocycles. The number of nitrogens with one attached hydrogen (secondary N) is 1. The van der Waals surface area contributed by atoms with Crippen molar-refractivity contribution in [2.75, 3.05) is 0 Å². The summed E-state index contributed by atoms with van der Waals surface area (Å²) in [6.07, 6.45) is 1.71. The monoisotopic (exact) mass is 148 g/mol. The van der Waals surface area contributed by atoms with Crippen LogP contribution in [-0.4, -0.2) is 0 Å². The lowest BCUT2D eigenvalue weighted by molar-refractivity contribution is 0.162. The standard InChI is InChI=1S/C3H3BrNO/c4-3-1-5-6-2-3/h1-2,5H. The quantitative estimate of drug-likeness (QED) is 0.552. The summed E-state index contributed by atoms with van der Waals surface area (Å²) in [5.74, 6) is 0. The molecule has 1 aliphatic rings. The third-order valence-electron chi connectivity index (χ3n) is 0.436. The molecule has 3 heteroatoms. The first-order valence-corrected chi connectivity index (χ1v) is 2.29. The van der Waals surface area contributed by atoms with Crippen molar-refractivity contribution in [3.8, 4) is 0 Å². The van der Waals surface area contributed by atoms with Crippen LogP contribution in [0.25, 0.3) is 0 Å². The van der Waals surface area contributed by atoms with E-state index in [1.54, 1.807) is 12.8 Å². The second-order valence-electron chi connectivity index (χ2n) is 0.883. The number of hydrogen-bond acceptors (Lipinski definition) is 2. The molecule has 6 heavy (non-hydrogen) atoms. The van der Waals surface area contributed by atoms with Gasteiger partial charge >= 0.3 is 0 Å². The van der Waals surface area contributed by atoms with Gasteiger partial charge in [0, 0.05) is 10.7 Å². The second kappa shape index (κ2) is 1.62. The molecule has 2 nitrogen and oxygen atoms in total. The molecule has 1 radical (unpaired) electrons. The first-order chi connectivity index (χ1) is 2.89. The zero-order valence-electron chi connectivity index (χ0n) is 2.94. The maximum absolute atomic E-state index is 4.54. The fourth-order valence-electron chi connectivity index (χ4n) is 0.215. The van der Waals surface area contributed by atoms with Gasteiger partial charge in [-0.3, -0.25) is 10.3 Å². The van der Waals surface area contributed by atoms with Gasteiger partial charge in [0.1, 0.15) is 0 Å². The number of rotatable bonds is 0. The van der Waals surface area contributed by atoms with Crippen LogP contribution in [0, 0.1) is 6.61 Å². The Kier molecular flexibility index (Phi) is 1.12. The highest BCUT2D eigenvalue weighted by atomic mass is 79.9. The van der Waals surface area contributed by atoms with Gasteiger partial charge in [-0.05, 0) is 0 Å². The van der Waals surface area contributed by atoms with E-state index in [1.807, 2.05) is 0 Å². The Labute approximate surface area is 44.3 Å². The summed E-state index contributed by atoms with van der Waals surface area (Å²) < 4.78 is 0.933. The van der Waals surface area contributed by atoms with Gasteiger partial charge in [-0.15, -0.1) is 0 Å². The zero-order chi connectivity index (χ0) is 4.41. The molecule has 1 N–H and O–H groups in total. The summed E-state index contributed by atoms with van der Waals surface area (Å²) >= 11 is 3.16. The van der Waals surface area contributed by atoms with Crippen LogP contribution in [0.5, 0.6) is 0 Å². The van der Waals surface area contributed by atoms with Gasteiger partial charge in [-0.2, -0.15) is 0 Å². The van der Waals surface area contributed by atoms with Crippen molar-refractivity contribution in [1.29, 1.82) is 0 Å². The fraction of sp³-hybridized carbons (Fsp3) is 0. The van der Waals surface area contributed by atoms with Crippen LogP contribution in [-0.2, 0) is 4.84 Å². The van der Waals surface area contributed by atoms with Crippen LogP contribution in [0.15, 0.2) is 10.7 Å². The molecular formula is C3H3BrNO. The van der Waals surface area contributed by atoms with Gasteiger partial charge in [0.05, 0.1) is 0 Å². The summed E-state index contributed by atoms with van der Waals surface area (Å²) in [5.41, 5.74) is 2.51. The summed E-state index contributed by atoms with van der Waals surface area (Å²) in [4.78, 5) is 4.54. The Morgan fingerprint density at radius 2 is 2.67 bits per heavy atom. The second-order valence-corrected chi connectivity index (χ2v) is 1.80. The molecule has 1 rings (SSSR count). The summed E-state index contributed by atoms with van der Waals surface area (Å²) in [6, 6.07) is 0. The Morgan fingerprint density at radius 3 is 2.83 bits per heavy atom. The molecule has 0 spiro atoms. The minimum atomic E-state index is 0.933. The molecule has 0 saturated heterocycles. The van der Waals surface area contributed by atoms with E-state index in [1.165, 1.54) is 0 Å². The van der Waals surface area contributed by atoms with Gasteiger partial charge in [0.15, 0.2) is 6.61 Å². The van der Waals surface area contributed by atoms with Crippen LogP contribution in [0.2, 0.25) is 0 Å². The largest absolute Gasteiger partial charge is 0.273 e. The number of hydroxylamine groups is 1. The normalized spacial score (nSPS) is 19.8. The Balaban J connectivity index is 2.45. The minimum Gasteiger partial charge on any atom is -0.273 e. The van der Waals surface area contributed by atoms with Crippen molar-refractivity contribution in [2.45, 2.75) is 0 Å². The van der Waals surface area contributed by atoms with E-state index in [4.69, 9.17) is 0 Å². The first kappa shape index (κ1) is 4.15. The highest BCUT2D eigenvalue weighted by Gasteiger charge is 1.97. The summed E-state index contributed by atoms with van der Waals surface area (Å²) in [7, 11) is 0. The average Bonchev–Trinajstić information content (AvgIpc) is 1.86. The molecule has 0 atom stereocenters. The summed E-state index contributed by atoms with van der Waals surface area (Å²) in [6.45, 7) is 1.57. The maximum atomic E-state index is 4.54. The van der Waals surface area contributed by atoms with Crippen molar-refractivity contribution in [2.24, 2.45) is 0 Å². The molecule has 0 fully saturated rings. The van der Waals surface area contributed by atoms with E-state index in [9.17, 15) is 0 Å².